The highest BCUT2D eigenvalue weighted by atomic mass is 16.5. The Hall–Kier alpha value is -2.61. The molecule has 29 heavy (non-hydrogen) atoms. The summed E-state index contributed by atoms with van der Waals surface area (Å²) in [6, 6.07) is 6.48. The topological polar surface area (TPSA) is 97.0 Å². The third-order valence-electron chi connectivity index (χ3n) is 4.50. The monoisotopic (exact) mass is 405 g/mol. The van der Waals surface area contributed by atoms with Crippen molar-refractivity contribution in [2.75, 3.05) is 38.2 Å². The van der Waals surface area contributed by atoms with E-state index in [1.165, 1.54) is 0 Å². The summed E-state index contributed by atoms with van der Waals surface area (Å²) in [5.41, 5.74) is 0.626. The third kappa shape index (κ3) is 7.73. The van der Waals surface area contributed by atoms with Crippen LogP contribution < -0.4 is 15.4 Å². The van der Waals surface area contributed by atoms with Crippen LogP contribution in [0, 0.1) is 0 Å². The molecule has 1 saturated heterocycles. The van der Waals surface area contributed by atoms with Crippen molar-refractivity contribution >= 4 is 23.5 Å². The van der Waals surface area contributed by atoms with Gasteiger partial charge in [-0.2, -0.15) is 0 Å². The number of hydrogen-bond donors (Lipinski definition) is 2. The number of piperazine rings is 1. The zero-order valence-electron chi connectivity index (χ0n) is 17.2. The van der Waals surface area contributed by atoms with Gasteiger partial charge in [-0.25, -0.2) is 0 Å². The summed E-state index contributed by atoms with van der Waals surface area (Å²) < 4.78 is 10.7. The Balaban J connectivity index is 1.92. The van der Waals surface area contributed by atoms with Gasteiger partial charge in [0.05, 0.1) is 26.2 Å². The standard InChI is InChI=1S/C21H31N3O5/c1-3-5-12-29-20(26)14-18-21(27)22-9-10-24(18)15-19(25)23-16-7-6-8-17(13-16)28-11-4-2/h6-8,13,18H,3-5,9-12,14-15H2,1-2H3,(H,22,27)(H,23,25). The number of rotatable bonds is 11. The van der Waals surface area contributed by atoms with Gasteiger partial charge in [0.1, 0.15) is 11.8 Å². The van der Waals surface area contributed by atoms with Gasteiger partial charge in [-0.05, 0) is 25.0 Å². The van der Waals surface area contributed by atoms with Crippen molar-refractivity contribution in [3.63, 3.8) is 0 Å². The molecule has 8 heteroatoms. The number of benzene rings is 1. The van der Waals surface area contributed by atoms with Crippen molar-refractivity contribution in [2.24, 2.45) is 0 Å². The molecule has 0 saturated carbocycles. The minimum atomic E-state index is -0.706. The van der Waals surface area contributed by atoms with Crippen molar-refractivity contribution in [1.29, 1.82) is 0 Å². The number of carbonyl (C=O) groups excluding carboxylic acids is 3. The summed E-state index contributed by atoms with van der Waals surface area (Å²) in [4.78, 5) is 38.5. The average molecular weight is 405 g/mol. The first-order valence-electron chi connectivity index (χ1n) is 10.2. The Morgan fingerprint density at radius 3 is 2.83 bits per heavy atom. The lowest BCUT2D eigenvalue weighted by Gasteiger charge is -2.33. The van der Waals surface area contributed by atoms with Gasteiger partial charge in [0, 0.05) is 24.8 Å². The average Bonchev–Trinajstić information content (AvgIpc) is 2.69. The van der Waals surface area contributed by atoms with Crippen LogP contribution in [0.15, 0.2) is 24.3 Å². The third-order valence-corrected chi connectivity index (χ3v) is 4.50. The van der Waals surface area contributed by atoms with Crippen LogP contribution in [0.3, 0.4) is 0 Å². The molecule has 1 heterocycles. The molecule has 2 rings (SSSR count). The van der Waals surface area contributed by atoms with E-state index >= 15 is 0 Å². The number of anilines is 1. The van der Waals surface area contributed by atoms with E-state index in [1.54, 1.807) is 17.0 Å². The first-order valence-corrected chi connectivity index (χ1v) is 10.2. The van der Waals surface area contributed by atoms with Gasteiger partial charge in [-0.3, -0.25) is 19.3 Å². The number of ether oxygens (including phenoxy) is 2. The SMILES string of the molecule is CCCCOC(=O)CC1C(=O)NCCN1CC(=O)Nc1cccc(OCCC)c1. The zero-order chi connectivity index (χ0) is 21.1. The molecule has 0 radical (unpaired) electrons. The molecule has 0 aliphatic carbocycles. The summed E-state index contributed by atoms with van der Waals surface area (Å²) in [6.07, 6.45) is 2.54. The second kappa shape index (κ2) is 12.1. The smallest absolute Gasteiger partial charge is 0.307 e. The van der Waals surface area contributed by atoms with Gasteiger partial charge in [0.15, 0.2) is 0 Å². The molecule has 1 fully saturated rings. The van der Waals surface area contributed by atoms with E-state index < -0.39 is 12.0 Å². The molecule has 1 atom stereocenters. The number of hydrogen-bond acceptors (Lipinski definition) is 6. The Kier molecular flexibility index (Phi) is 9.43. The predicted octanol–water partition coefficient (Wildman–Crippen LogP) is 1.95. The Bertz CT molecular complexity index is 695. The van der Waals surface area contributed by atoms with Gasteiger partial charge in [-0.15, -0.1) is 0 Å². The minimum absolute atomic E-state index is 0.0143. The highest BCUT2D eigenvalue weighted by Crippen LogP contribution is 2.18. The van der Waals surface area contributed by atoms with Crippen LogP contribution in [-0.2, 0) is 19.1 Å². The molecule has 0 aromatic heterocycles. The number of nitrogens with one attached hydrogen (secondary N) is 2. The van der Waals surface area contributed by atoms with E-state index in [1.807, 2.05) is 26.0 Å². The lowest BCUT2D eigenvalue weighted by atomic mass is 10.1. The van der Waals surface area contributed by atoms with Gasteiger partial charge < -0.3 is 20.1 Å². The second-order valence-electron chi connectivity index (χ2n) is 6.98. The van der Waals surface area contributed by atoms with Gasteiger partial charge in [-0.1, -0.05) is 26.3 Å². The highest BCUT2D eigenvalue weighted by Gasteiger charge is 2.33. The molecular formula is C21H31N3O5. The van der Waals surface area contributed by atoms with Crippen molar-refractivity contribution in [3.8, 4) is 5.75 Å². The fraction of sp³-hybridized carbons (Fsp3) is 0.571. The quantitative estimate of drug-likeness (QED) is 0.431. The Morgan fingerprint density at radius 1 is 1.24 bits per heavy atom. The summed E-state index contributed by atoms with van der Waals surface area (Å²) in [5.74, 6) is -0.246. The van der Waals surface area contributed by atoms with Crippen LogP contribution in [0.25, 0.3) is 0 Å². The van der Waals surface area contributed by atoms with E-state index in [0.29, 0.717) is 37.7 Å². The molecule has 1 aliphatic heterocycles. The number of carbonyl (C=O) groups is 3. The van der Waals surface area contributed by atoms with Gasteiger partial charge in [0.2, 0.25) is 11.8 Å². The van der Waals surface area contributed by atoms with Crippen LogP contribution >= 0.6 is 0 Å². The maximum absolute atomic E-state index is 12.5. The lowest BCUT2D eigenvalue weighted by molar-refractivity contribution is -0.149. The minimum Gasteiger partial charge on any atom is -0.494 e. The molecule has 1 unspecified atom stereocenters. The maximum Gasteiger partial charge on any atom is 0.307 e. The van der Waals surface area contributed by atoms with Crippen molar-refractivity contribution in [3.05, 3.63) is 24.3 Å². The normalized spacial score (nSPS) is 16.8. The van der Waals surface area contributed by atoms with E-state index in [4.69, 9.17) is 9.47 Å². The van der Waals surface area contributed by atoms with E-state index in [0.717, 1.165) is 19.3 Å². The van der Waals surface area contributed by atoms with E-state index in [2.05, 4.69) is 10.6 Å². The van der Waals surface area contributed by atoms with Crippen molar-refractivity contribution in [1.82, 2.24) is 10.2 Å². The molecule has 2 amide bonds. The number of esters is 1. The molecule has 0 bridgehead atoms. The molecule has 1 aliphatic rings. The van der Waals surface area contributed by atoms with Gasteiger partial charge >= 0.3 is 5.97 Å². The molecule has 2 N–H and O–H groups in total. The number of nitrogens with zero attached hydrogens (tertiary/aromatic N) is 1. The molecule has 1 aromatic carbocycles. The molecule has 1 aromatic rings. The molecule has 0 spiro atoms. The summed E-state index contributed by atoms with van der Waals surface area (Å²) in [5, 5.41) is 5.58. The van der Waals surface area contributed by atoms with Crippen LogP contribution in [0.5, 0.6) is 5.75 Å². The number of unbranched alkanes of at least 4 members (excludes halogenated alkanes) is 1. The summed E-state index contributed by atoms with van der Waals surface area (Å²) in [6.45, 7) is 5.93. The Morgan fingerprint density at radius 2 is 2.07 bits per heavy atom. The summed E-state index contributed by atoms with van der Waals surface area (Å²) in [7, 11) is 0. The highest BCUT2D eigenvalue weighted by molar-refractivity contribution is 5.93. The molecule has 8 nitrogen and oxygen atoms in total. The van der Waals surface area contributed by atoms with Crippen LogP contribution in [-0.4, -0.2) is 61.6 Å². The molecular weight excluding hydrogens is 374 g/mol. The van der Waals surface area contributed by atoms with E-state index in [9.17, 15) is 14.4 Å². The fourth-order valence-corrected chi connectivity index (χ4v) is 2.99. The number of amides is 2. The first kappa shape index (κ1) is 22.7. The van der Waals surface area contributed by atoms with Crippen LogP contribution in [0.1, 0.15) is 39.5 Å². The largest absolute Gasteiger partial charge is 0.494 e. The fourth-order valence-electron chi connectivity index (χ4n) is 2.99. The second-order valence-corrected chi connectivity index (χ2v) is 6.98. The van der Waals surface area contributed by atoms with Crippen LogP contribution in [0.4, 0.5) is 5.69 Å². The van der Waals surface area contributed by atoms with Crippen molar-refractivity contribution in [2.45, 2.75) is 45.6 Å². The van der Waals surface area contributed by atoms with Crippen molar-refractivity contribution < 1.29 is 23.9 Å². The Labute approximate surface area is 171 Å². The lowest BCUT2D eigenvalue weighted by Crippen LogP contribution is -2.57. The van der Waals surface area contributed by atoms with E-state index in [-0.39, 0.29) is 24.8 Å². The maximum atomic E-state index is 12.5. The first-order chi connectivity index (χ1) is 14.0. The van der Waals surface area contributed by atoms with Crippen LogP contribution in [0.2, 0.25) is 0 Å². The summed E-state index contributed by atoms with van der Waals surface area (Å²) >= 11 is 0. The van der Waals surface area contributed by atoms with Gasteiger partial charge in [0.25, 0.3) is 0 Å². The molecule has 160 valence electrons. The predicted molar refractivity (Wildman–Crippen MR) is 110 cm³/mol. The zero-order valence-corrected chi connectivity index (χ0v) is 17.2.